The van der Waals surface area contributed by atoms with E-state index in [-0.39, 0.29) is 5.92 Å². The Morgan fingerprint density at radius 2 is 2.43 bits per heavy atom. The molecule has 0 saturated heterocycles. The molecule has 1 atom stereocenters. The van der Waals surface area contributed by atoms with Gasteiger partial charge in [-0.25, -0.2) is 0 Å². The first-order chi connectivity index (χ1) is 3.18. The maximum atomic E-state index is 9.90. The second kappa shape index (κ2) is 3.02. The van der Waals surface area contributed by atoms with E-state index in [9.17, 15) is 4.79 Å². The first-order valence-corrected chi connectivity index (χ1v) is 3.09. The van der Waals surface area contributed by atoms with Crippen LogP contribution in [0.3, 0.4) is 0 Å². The van der Waals surface area contributed by atoms with E-state index in [1.54, 1.807) is 6.92 Å². The zero-order valence-corrected chi connectivity index (χ0v) is 5.60. The summed E-state index contributed by atoms with van der Waals surface area (Å²) in [4.78, 5) is 9.90. The largest absolute Gasteiger partial charge is 0.481 e. The molecule has 42 valence electrons. The molecule has 0 aliphatic carbocycles. The number of hydrogen-bond acceptors (Lipinski definition) is 1. The van der Waals surface area contributed by atoms with Gasteiger partial charge in [-0.1, -0.05) is 22.9 Å². The number of aliphatic carboxylic acids is 1. The van der Waals surface area contributed by atoms with E-state index < -0.39 is 5.97 Å². The summed E-state index contributed by atoms with van der Waals surface area (Å²) < 4.78 is 0. The summed E-state index contributed by atoms with van der Waals surface area (Å²) in [6.07, 6.45) is 0. The Balaban J connectivity index is 3.34. The van der Waals surface area contributed by atoms with Gasteiger partial charge in [0.2, 0.25) is 0 Å². The zero-order valence-electron chi connectivity index (χ0n) is 4.02. The molecule has 1 N–H and O–H groups in total. The van der Waals surface area contributed by atoms with E-state index in [0.717, 1.165) is 0 Å². The average Bonchev–Trinajstić information content (AvgIpc) is 1.65. The highest BCUT2D eigenvalue weighted by Crippen LogP contribution is 1.97. The van der Waals surface area contributed by atoms with Crippen molar-refractivity contribution in [2.45, 2.75) is 6.92 Å². The third-order valence-corrected chi connectivity index (χ3v) is 1.62. The van der Waals surface area contributed by atoms with Gasteiger partial charge in [0, 0.05) is 5.33 Å². The summed E-state index contributed by atoms with van der Waals surface area (Å²) in [6, 6.07) is 0. The predicted molar refractivity (Wildman–Crippen MR) is 30.6 cm³/mol. The van der Waals surface area contributed by atoms with Crippen LogP contribution < -0.4 is 0 Å². The van der Waals surface area contributed by atoms with Gasteiger partial charge >= 0.3 is 5.97 Å². The molecule has 0 saturated carbocycles. The second-order valence-corrected chi connectivity index (χ2v) is 2.04. The highest BCUT2D eigenvalue weighted by Gasteiger charge is 2.06. The van der Waals surface area contributed by atoms with Crippen LogP contribution in [0.1, 0.15) is 6.92 Å². The van der Waals surface area contributed by atoms with Gasteiger partial charge in [0.15, 0.2) is 0 Å². The monoisotopic (exact) mass is 166 g/mol. The Morgan fingerprint density at radius 3 is 2.43 bits per heavy atom. The Kier molecular flexibility index (Phi) is 3.00. The number of carboxylic acids is 1. The van der Waals surface area contributed by atoms with Gasteiger partial charge in [-0.3, -0.25) is 4.79 Å². The summed E-state index contributed by atoms with van der Waals surface area (Å²) in [7, 11) is 0. The first-order valence-electron chi connectivity index (χ1n) is 1.97. The predicted octanol–water partition coefficient (Wildman–Crippen LogP) is 1.10. The van der Waals surface area contributed by atoms with E-state index in [1.807, 2.05) is 0 Å². The summed E-state index contributed by atoms with van der Waals surface area (Å²) in [6.45, 7) is 1.65. The lowest BCUT2D eigenvalue weighted by Gasteiger charge is -1.95. The van der Waals surface area contributed by atoms with Crippen LogP contribution in [0.25, 0.3) is 0 Å². The molecule has 0 aromatic rings. The molecule has 0 aliphatic heterocycles. The van der Waals surface area contributed by atoms with E-state index in [2.05, 4.69) is 15.9 Å². The van der Waals surface area contributed by atoms with Crippen molar-refractivity contribution in [2.24, 2.45) is 5.92 Å². The molecule has 0 amide bonds. The molecular formula is C4H7BrO2. The van der Waals surface area contributed by atoms with Crippen LogP contribution in [0.4, 0.5) is 0 Å². The number of carboxylic acid groups (broad SMARTS) is 1. The molecule has 0 aromatic carbocycles. The van der Waals surface area contributed by atoms with Gasteiger partial charge in [0.1, 0.15) is 0 Å². The Bertz CT molecular complexity index is 72.1. The minimum Gasteiger partial charge on any atom is -0.481 e. The summed E-state index contributed by atoms with van der Waals surface area (Å²) in [5.74, 6) is -1.02. The summed E-state index contributed by atoms with van der Waals surface area (Å²) >= 11 is 3.03. The smallest absolute Gasteiger partial charge is 0.307 e. The van der Waals surface area contributed by atoms with Crippen LogP contribution in [-0.2, 0) is 4.79 Å². The lowest BCUT2D eigenvalue weighted by atomic mass is 10.2. The van der Waals surface area contributed by atoms with Crippen molar-refractivity contribution in [1.82, 2.24) is 0 Å². The standard InChI is InChI=1S/C4H7BrO2/c1-3(2-5)4(6)7/h3H,2H2,1H3,(H,6,7). The number of halogens is 1. The molecule has 0 aliphatic rings. The minimum absolute atomic E-state index is 0.264. The maximum Gasteiger partial charge on any atom is 0.307 e. The topological polar surface area (TPSA) is 37.3 Å². The Labute approximate surface area is 50.7 Å². The van der Waals surface area contributed by atoms with Crippen molar-refractivity contribution in [1.29, 1.82) is 0 Å². The van der Waals surface area contributed by atoms with Crippen LogP contribution >= 0.6 is 15.9 Å². The lowest BCUT2D eigenvalue weighted by Crippen LogP contribution is -2.09. The van der Waals surface area contributed by atoms with Crippen LogP contribution in [0.2, 0.25) is 0 Å². The molecule has 0 rings (SSSR count). The van der Waals surface area contributed by atoms with Gasteiger partial charge < -0.3 is 5.11 Å². The normalized spacial score (nSPS) is 13.4. The fraction of sp³-hybridized carbons (Fsp3) is 0.750. The fourth-order valence-corrected chi connectivity index (χ4v) is 0.343. The van der Waals surface area contributed by atoms with Crippen LogP contribution in [0, 0.1) is 5.92 Å². The summed E-state index contributed by atoms with van der Waals surface area (Å²) in [5.41, 5.74) is 0. The third kappa shape index (κ3) is 2.62. The minimum atomic E-state index is -0.753. The van der Waals surface area contributed by atoms with Crippen molar-refractivity contribution < 1.29 is 9.90 Å². The molecule has 0 heterocycles. The molecule has 0 spiro atoms. The molecule has 0 aromatic heterocycles. The highest BCUT2D eigenvalue weighted by atomic mass is 79.9. The Morgan fingerprint density at radius 1 is 2.00 bits per heavy atom. The summed E-state index contributed by atoms with van der Waals surface area (Å²) in [5, 5.41) is 8.68. The first kappa shape index (κ1) is 6.95. The van der Waals surface area contributed by atoms with Crippen molar-refractivity contribution >= 4 is 21.9 Å². The fourth-order valence-electron chi connectivity index (χ4n) is 0.0660. The van der Waals surface area contributed by atoms with E-state index in [4.69, 9.17) is 5.11 Å². The second-order valence-electron chi connectivity index (χ2n) is 1.39. The highest BCUT2D eigenvalue weighted by molar-refractivity contribution is 9.09. The Hall–Kier alpha value is -0.0500. The van der Waals surface area contributed by atoms with Crippen LogP contribution in [-0.4, -0.2) is 16.4 Å². The third-order valence-electron chi connectivity index (χ3n) is 0.653. The molecule has 0 radical (unpaired) electrons. The lowest BCUT2D eigenvalue weighted by molar-refractivity contribution is -0.140. The van der Waals surface area contributed by atoms with Crippen molar-refractivity contribution in [3.05, 3.63) is 0 Å². The average molecular weight is 167 g/mol. The van der Waals surface area contributed by atoms with Gasteiger partial charge in [0.25, 0.3) is 0 Å². The van der Waals surface area contributed by atoms with Gasteiger partial charge in [-0.05, 0) is 0 Å². The number of alkyl halides is 1. The zero-order chi connectivity index (χ0) is 5.86. The molecule has 0 bridgehead atoms. The van der Waals surface area contributed by atoms with E-state index in [0.29, 0.717) is 5.33 Å². The van der Waals surface area contributed by atoms with Crippen molar-refractivity contribution in [3.63, 3.8) is 0 Å². The molecular weight excluding hydrogens is 160 g/mol. The number of carbonyl (C=O) groups is 1. The number of rotatable bonds is 2. The van der Waals surface area contributed by atoms with Crippen molar-refractivity contribution in [2.75, 3.05) is 5.33 Å². The van der Waals surface area contributed by atoms with Crippen molar-refractivity contribution in [3.8, 4) is 0 Å². The van der Waals surface area contributed by atoms with Crippen LogP contribution in [0.15, 0.2) is 0 Å². The van der Waals surface area contributed by atoms with E-state index >= 15 is 0 Å². The van der Waals surface area contributed by atoms with Gasteiger partial charge in [0.05, 0.1) is 5.92 Å². The molecule has 2 nitrogen and oxygen atoms in total. The number of hydrogen-bond donors (Lipinski definition) is 1. The van der Waals surface area contributed by atoms with Gasteiger partial charge in [-0.15, -0.1) is 0 Å². The quantitative estimate of drug-likeness (QED) is 0.625. The molecule has 3 heteroatoms. The van der Waals surface area contributed by atoms with Crippen LogP contribution in [0.5, 0.6) is 0 Å². The molecule has 7 heavy (non-hydrogen) atoms. The molecule has 0 fully saturated rings. The SMILES string of the molecule is CC(CBr)C(=O)O. The van der Waals surface area contributed by atoms with Gasteiger partial charge in [-0.2, -0.15) is 0 Å². The molecule has 1 unspecified atom stereocenters. The maximum absolute atomic E-state index is 9.90. The van der Waals surface area contributed by atoms with E-state index in [1.165, 1.54) is 0 Å².